The minimum atomic E-state index is -0.653. The molecule has 1 aliphatic rings. The molecule has 7 heteroatoms. The second-order valence-corrected chi connectivity index (χ2v) is 8.44. The second-order valence-electron chi connectivity index (χ2n) is 7.19. The zero-order valence-corrected chi connectivity index (χ0v) is 17.2. The van der Waals surface area contributed by atoms with Gasteiger partial charge in [-0.1, -0.05) is 40.9 Å². The predicted octanol–water partition coefficient (Wildman–Crippen LogP) is 6.34. The van der Waals surface area contributed by atoms with Crippen molar-refractivity contribution in [1.29, 1.82) is 5.26 Å². The Morgan fingerprint density at radius 1 is 1.07 bits per heavy atom. The van der Waals surface area contributed by atoms with E-state index in [9.17, 15) is 5.26 Å². The molecular weight excluding hydrogens is 403 g/mol. The molecule has 0 spiro atoms. The van der Waals surface area contributed by atoms with Crippen LogP contribution in [-0.2, 0) is 12.0 Å². The molecule has 2 aromatic carbocycles. The summed E-state index contributed by atoms with van der Waals surface area (Å²) < 4.78 is 2.14. The van der Waals surface area contributed by atoms with Crippen LogP contribution in [0.2, 0.25) is 15.1 Å². The molecule has 0 fully saturated rings. The first-order chi connectivity index (χ1) is 12.8. The van der Waals surface area contributed by atoms with Crippen LogP contribution in [0.4, 0.5) is 11.6 Å². The molecule has 27 heavy (non-hydrogen) atoms. The molecular formula is C20H17Cl3N4. The molecule has 1 aliphatic heterocycles. The van der Waals surface area contributed by atoms with Gasteiger partial charge in [0.1, 0.15) is 5.52 Å². The van der Waals surface area contributed by atoms with Crippen molar-refractivity contribution >= 4 is 57.5 Å². The zero-order valence-electron chi connectivity index (χ0n) is 14.9. The number of aryl methyl sites for hydroxylation is 1. The largest absolute Gasteiger partial charge is 0.310 e. The van der Waals surface area contributed by atoms with Gasteiger partial charge in [-0.3, -0.25) is 0 Å². The molecule has 0 saturated heterocycles. The molecule has 4 nitrogen and oxygen atoms in total. The summed E-state index contributed by atoms with van der Waals surface area (Å²) in [7, 11) is 0. The van der Waals surface area contributed by atoms with Gasteiger partial charge < -0.3 is 9.47 Å². The fraction of sp³-hybridized carbons (Fsp3) is 0.300. The number of aromatic nitrogens is 2. The van der Waals surface area contributed by atoms with E-state index >= 15 is 0 Å². The first-order valence-corrected chi connectivity index (χ1v) is 9.80. The summed E-state index contributed by atoms with van der Waals surface area (Å²) >= 11 is 19.0. The van der Waals surface area contributed by atoms with Gasteiger partial charge in [-0.15, -0.1) is 0 Å². The lowest BCUT2D eigenvalue weighted by Gasteiger charge is -2.30. The Kier molecular flexibility index (Phi) is 4.50. The highest BCUT2D eigenvalue weighted by Gasteiger charge is 2.30. The number of halogens is 3. The van der Waals surface area contributed by atoms with Crippen molar-refractivity contribution in [2.75, 3.05) is 11.4 Å². The number of nitrogens with zero attached hydrogens (tertiary/aromatic N) is 4. The Morgan fingerprint density at radius 3 is 2.56 bits per heavy atom. The predicted molar refractivity (Wildman–Crippen MR) is 111 cm³/mol. The van der Waals surface area contributed by atoms with Gasteiger partial charge in [0, 0.05) is 18.1 Å². The summed E-state index contributed by atoms with van der Waals surface area (Å²) in [5, 5.41) is 11.4. The fourth-order valence-corrected chi connectivity index (χ4v) is 4.30. The van der Waals surface area contributed by atoms with E-state index in [1.807, 2.05) is 38.1 Å². The first-order valence-electron chi connectivity index (χ1n) is 8.66. The molecule has 0 atom stereocenters. The lowest BCUT2D eigenvalue weighted by atomic mass is 9.85. The smallest absolute Gasteiger partial charge is 0.211 e. The Labute approximate surface area is 172 Å². The molecule has 3 aromatic rings. The molecule has 0 aliphatic carbocycles. The van der Waals surface area contributed by atoms with E-state index in [1.54, 1.807) is 6.07 Å². The van der Waals surface area contributed by atoms with Crippen molar-refractivity contribution < 1.29 is 0 Å². The summed E-state index contributed by atoms with van der Waals surface area (Å²) in [6.45, 7) is 5.42. The molecule has 0 unspecified atom stereocenters. The number of imidazole rings is 1. The minimum Gasteiger partial charge on any atom is -0.310 e. The van der Waals surface area contributed by atoms with E-state index in [0.29, 0.717) is 20.6 Å². The van der Waals surface area contributed by atoms with E-state index in [0.717, 1.165) is 42.2 Å². The standard InChI is InChI=1S/C20H17Cl3N4/c1-20(2,11-24)13-5-6-14(22)17-18(13)27-9-3-8-26(19(27)25-17)16-7-4-12(21)10-15(16)23/h4-7,10H,3,8-9H2,1-2H3. The topological polar surface area (TPSA) is 44.9 Å². The van der Waals surface area contributed by atoms with Crippen LogP contribution in [0.15, 0.2) is 30.3 Å². The Hall–Kier alpha value is -1.93. The van der Waals surface area contributed by atoms with Gasteiger partial charge in [0.05, 0.1) is 32.7 Å². The summed E-state index contributed by atoms with van der Waals surface area (Å²) in [5.41, 5.74) is 2.75. The van der Waals surface area contributed by atoms with Crippen LogP contribution in [0.5, 0.6) is 0 Å². The minimum absolute atomic E-state index is 0.576. The number of fused-ring (bicyclic) bond motifs is 3. The fourth-order valence-electron chi connectivity index (χ4n) is 3.59. The number of anilines is 2. The lowest BCUT2D eigenvalue weighted by molar-refractivity contribution is 0.598. The van der Waals surface area contributed by atoms with Crippen LogP contribution in [0.1, 0.15) is 25.8 Å². The van der Waals surface area contributed by atoms with Gasteiger partial charge in [-0.05, 0) is 50.1 Å². The van der Waals surface area contributed by atoms with Crippen molar-refractivity contribution in [3.05, 3.63) is 51.0 Å². The number of benzene rings is 2. The molecule has 0 radical (unpaired) electrons. The van der Waals surface area contributed by atoms with E-state index in [2.05, 4.69) is 15.5 Å². The highest BCUT2D eigenvalue weighted by Crippen LogP contribution is 2.41. The molecule has 1 aromatic heterocycles. The third-order valence-corrected chi connectivity index (χ3v) is 5.83. The summed E-state index contributed by atoms with van der Waals surface area (Å²) in [5.74, 6) is 0.781. The van der Waals surface area contributed by atoms with Crippen LogP contribution < -0.4 is 4.90 Å². The molecule has 0 bridgehead atoms. The van der Waals surface area contributed by atoms with Gasteiger partial charge in [-0.2, -0.15) is 5.26 Å². The normalized spacial score (nSPS) is 14.3. The van der Waals surface area contributed by atoms with E-state index in [1.165, 1.54) is 0 Å². The van der Waals surface area contributed by atoms with Crippen LogP contribution in [0, 0.1) is 11.3 Å². The van der Waals surface area contributed by atoms with Crippen molar-refractivity contribution in [3.63, 3.8) is 0 Å². The van der Waals surface area contributed by atoms with E-state index < -0.39 is 5.41 Å². The van der Waals surface area contributed by atoms with Gasteiger partial charge in [-0.25, -0.2) is 4.98 Å². The van der Waals surface area contributed by atoms with Gasteiger partial charge in [0.15, 0.2) is 0 Å². The van der Waals surface area contributed by atoms with Gasteiger partial charge >= 0.3 is 0 Å². The van der Waals surface area contributed by atoms with Crippen molar-refractivity contribution in [3.8, 4) is 6.07 Å². The number of hydrogen-bond acceptors (Lipinski definition) is 3. The Bertz CT molecular complexity index is 1090. The summed E-state index contributed by atoms with van der Waals surface area (Å²) in [4.78, 5) is 6.92. The maximum Gasteiger partial charge on any atom is 0.211 e. The number of nitriles is 1. The lowest BCUT2D eigenvalue weighted by Crippen LogP contribution is -2.28. The third-order valence-electron chi connectivity index (χ3n) is 4.98. The van der Waals surface area contributed by atoms with Gasteiger partial charge in [0.25, 0.3) is 0 Å². The summed E-state index contributed by atoms with van der Waals surface area (Å²) in [6.07, 6.45) is 0.927. The maximum atomic E-state index is 9.66. The van der Waals surface area contributed by atoms with Crippen molar-refractivity contribution in [1.82, 2.24) is 9.55 Å². The molecule has 4 rings (SSSR count). The first kappa shape index (κ1) is 18.4. The molecule has 138 valence electrons. The van der Waals surface area contributed by atoms with Crippen LogP contribution >= 0.6 is 34.8 Å². The molecule has 0 saturated carbocycles. The number of rotatable bonds is 2. The highest BCUT2D eigenvalue weighted by molar-refractivity contribution is 6.36. The van der Waals surface area contributed by atoms with Crippen molar-refractivity contribution in [2.45, 2.75) is 32.2 Å². The average Bonchev–Trinajstić information content (AvgIpc) is 3.03. The van der Waals surface area contributed by atoms with E-state index in [4.69, 9.17) is 39.8 Å². The van der Waals surface area contributed by atoms with Gasteiger partial charge in [0.2, 0.25) is 5.95 Å². The average molecular weight is 420 g/mol. The maximum absolute atomic E-state index is 9.66. The second kappa shape index (κ2) is 6.60. The number of hydrogen-bond donors (Lipinski definition) is 0. The SMILES string of the molecule is CC(C)(C#N)c1ccc(Cl)c2nc3n(c12)CCCN3c1ccc(Cl)cc1Cl. The quantitative estimate of drug-likeness (QED) is 0.487. The third kappa shape index (κ3) is 2.95. The molecule has 0 N–H and O–H groups in total. The van der Waals surface area contributed by atoms with Crippen LogP contribution in [-0.4, -0.2) is 16.1 Å². The molecule has 0 amide bonds. The van der Waals surface area contributed by atoms with Crippen molar-refractivity contribution in [2.24, 2.45) is 0 Å². The van der Waals surface area contributed by atoms with Crippen LogP contribution in [0.3, 0.4) is 0 Å². The van der Waals surface area contributed by atoms with Crippen LogP contribution in [0.25, 0.3) is 11.0 Å². The Balaban J connectivity index is 1.99. The molecule has 2 heterocycles. The Morgan fingerprint density at radius 2 is 1.85 bits per heavy atom. The highest BCUT2D eigenvalue weighted by atomic mass is 35.5. The zero-order chi connectivity index (χ0) is 19.3. The summed E-state index contributed by atoms with van der Waals surface area (Å²) in [6, 6.07) is 11.6. The van der Waals surface area contributed by atoms with E-state index in [-0.39, 0.29) is 0 Å². The monoisotopic (exact) mass is 418 g/mol.